The molecule has 0 aromatic heterocycles. The number of halogens is 1. The van der Waals surface area contributed by atoms with Crippen molar-refractivity contribution in [3.8, 4) is 17.2 Å². The molecule has 2 rings (SSSR count). The second-order valence-electron chi connectivity index (χ2n) is 4.43. The summed E-state index contributed by atoms with van der Waals surface area (Å²) in [6.07, 6.45) is 0. The van der Waals surface area contributed by atoms with E-state index >= 15 is 0 Å². The van der Waals surface area contributed by atoms with Gasteiger partial charge in [-0.3, -0.25) is 0 Å². The van der Waals surface area contributed by atoms with Crippen LogP contribution in [0.4, 0.5) is 10.1 Å². The van der Waals surface area contributed by atoms with Gasteiger partial charge in [0.1, 0.15) is 11.5 Å². The lowest BCUT2D eigenvalue weighted by atomic mass is 10.1. The Morgan fingerprint density at radius 3 is 2.40 bits per heavy atom. The van der Waals surface area contributed by atoms with E-state index in [0.717, 1.165) is 0 Å². The van der Waals surface area contributed by atoms with Gasteiger partial charge in [0.05, 0.1) is 18.7 Å². The van der Waals surface area contributed by atoms with Gasteiger partial charge in [-0.2, -0.15) is 0 Å². The van der Waals surface area contributed by atoms with Crippen LogP contribution in [0.5, 0.6) is 17.2 Å². The summed E-state index contributed by atoms with van der Waals surface area (Å²) in [5.74, 6) is -0.321. The summed E-state index contributed by atoms with van der Waals surface area (Å²) in [6.45, 7) is 1.78. The van der Waals surface area contributed by atoms with Crippen molar-refractivity contribution in [1.29, 1.82) is 0 Å². The summed E-state index contributed by atoms with van der Waals surface area (Å²) in [7, 11) is 1.39. The number of aromatic hydroxyl groups is 2. The van der Waals surface area contributed by atoms with E-state index in [1.54, 1.807) is 19.1 Å². The fraction of sp³-hybridized carbons (Fsp3) is 0.200. The van der Waals surface area contributed by atoms with Crippen LogP contribution in [0.3, 0.4) is 0 Å². The van der Waals surface area contributed by atoms with Crippen molar-refractivity contribution in [3.63, 3.8) is 0 Å². The van der Waals surface area contributed by atoms with Gasteiger partial charge in [-0.1, -0.05) is 6.07 Å². The summed E-state index contributed by atoms with van der Waals surface area (Å²) in [5, 5.41) is 22.7. The SMILES string of the molecule is COc1cc(NC(C)c2c(O)cccc2O)ccc1F. The number of phenols is 2. The molecule has 0 aliphatic rings. The van der Waals surface area contributed by atoms with Crippen molar-refractivity contribution in [2.24, 2.45) is 0 Å². The number of hydrogen-bond acceptors (Lipinski definition) is 4. The minimum absolute atomic E-state index is 0.000855. The molecule has 4 nitrogen and oxygen atoms in total. The lowest BCUT2D eigenvalue weighted by Gasteiger charge is -2.18. The third-order valence-corrected chi connectivity index (χ3v) is 3.03. The first-order valence-electron chi connectivity index (χ1n) is 6.14. The normalized spacial score (nSPS) is 11.9. The van der Waals surface area contributed by atoms with Crippen LogP contribution in [0.1, 0.15) is 18.5 Å². The maximum Gasteiger partial charge on any atom is 0.165 e. The van der Waals surface area contributed by atoms with Crippen molar-refractivity contribution in [3.05, 3.63) is 47.8 Å². The molecule has 2 aromatic carbocycles. The van der Waals surface area contributed by atoms with Gasteiger partial charge in [-0.15, -0.1) is 0 Å². The Hall–Kier alpha value is -2.43. The van der Waals surface area contributed by atoms with Crippen LogP contribution >= 0.6 is 0 Å². The highest BCUT2D eigenvalue weighted by molar-refractivity contribution is 5.53. The number of rotatable bonds is 4. The number of methoxy groups -OCH3 is 1. The van der Waals surface area contributed by atoms with Crippen molar-refractivity contribution in [2.75, 3.05) is 12.4 Å². The maximum absolute atomic E-state index is 13.3. The highest BCUT2D eigenvalue weighted by atomic mass is 19.1. The van der Waals surface area contributed by atoms with Crippen molar-refractivity contribution >= 4 is 5.69 Å². The predicted molar refractivity (Wildman–Crippen MR) is 74.8 cm³/mol. The molecular formula is C15H16FNO3. The van der Waals surface area contributed by atoms with Crippen LogP contribution in [-0.2, 0) is 0 Å². The third kappa shape index (κ3) is 2.77. The molecule has 0 bridgehead atoms. The van der Waals surface area contributed by atoms with Gasteiger partial charge in [0.25, 0.3) is 0 Å². The zero-order valence-electron chi connectivity index (χ0n) is 11.2. The Kier molecular flexibility index (Phi) is 3.98. The van der Waals surface area contributed by atoms with Gasteiger partial charge in [-0.05, 0) is 31.2 Å². The van der Waals surface area contributed by atoms with E-state index in [0.29, 0.717) is 11.3 Å². The molecule has 1 atom stereocenters. The summed E-state index contributed by atoms with van der Waals surface area (Å²) in [6, 6.07) is 8.57. The smallest absolute Gasteiger partial charge is 0.165 e. The molecule has 0 aliphatic heterocycles. The van der Waals surface area contributed by atoms with E-state index in [9.17, 15) is 14.6 Å². The number of hydrogen-bond donors (Lipinski definition) is 3. The van der Waals surface area contributed by atoms with Crippen molar-refractivity contribution in [2.45, 2.75) is 13.0 Å². The highest BCUT2D eigenvalue weighted by Crippen LogP contribution is 2.34. The highest BCUT2D eigenvalue weighted by Gasteiger charge is 2.15. The van der Waals surface area contributed by atoms with Gasteiger partial charge in [-0.25, -0.2) is 4.39 Å². The van der Waals surface area contributed by atoms with Gasteiger partial charge < -0.3 is 20.3 Å². The summed E-state index contributed by atoms with van der Waals surface area (Å²) in [5.41, 5.74) is 1.01. The van der Waals surface area contributed by atoms with Gasteiger partial charge >= 0.3 is 0 Å². The average Bonchev–Trinajstić information content (AvgIpc) is 2.40. The van der Waals surface area contributed by atoms with E-state index in [2.05, 4.69) is 5.32 Å². The first-order chi connectivity index (χ1) is 9.52. The molecule has 1 unspecified atom stereocenters. The van der Waals surface area contributed by atoms with Gasteiger partial charge in [0, 0.05) is 11.8 Å². The average molecular weight is 277 g/mol. The molecule has 0 radical (unpaired) electrons. The number of nitrogens with one attached hydrogen (secondary N) is 1. The van der Waals surface area contributed by atoms with E-state index in [4.69, 9.17) is 4.74 Å². The molecule has 20 heavy (non-hydrogen) atoms. The van der Waals surface area contributed by atoms with Crippen LogP contribution in [-0.4, -0.2) is 17.3 Å². The van der Waals surface area contributed by atoms with E-state index in [1.165, 1.54) is 31.4 Å². The molecular weight excluding hydrogens is 261 g/mol. The van der Waals surface area contributed by atoms with Crippen molar-refractivity contribution in [1.82, 2.24) is 0 Å². The standard InChI is InChI=1S/C15H16FNO3/c1-9(15-12(18)4-3-5-13(15)19)17-10-6-7-11(16)14(8-10)20-2/h3-9,17-19H,1-2H3. The Morgan fingerprint density at radius 2 is 1.80 bits per heavy atom. The molecule has 0 saturated carbocycles. The Morgan fingerprint density at radius 1 is 1.15 bits per heavy atom. The summed E-state index contributed by atoms with van der Waals surface area (Å²) in [4.78, 5) is 0. The van der Waals surface area contributed by atoms with Crippen LogP contribution in [0, 0.1) is 5.82 Å². The molecule has 0 amide bonds. The molecule has 0 aliphatic carbocycles. The zero-order valence-corrected chi connectivity index (χ0v) is 11.2. The largest absolute Gasteiger partial charge is 0.507 e. The fourth-order valence-corrected chi connectivity index (χ4v) is 2.06. The second kappa shape index (κ2) is 5.69. The molecule has 106 valence electrons. The zero-order chi connectivity index (χ0) is 14.7. The lowest BCUT2D eigenvalue weighted by molar-refractivity contribution is 0.386. The van der Waals surface area contributed by atoms with Crippen LogP contribution < -0.4 is 10.1 Å². The molecule has 2 aromatic rings. The minimum atomic E-state index is -0.448. The Labute approximate surface area is 116 Å². The molecule has 3 N–H and O–H groups in total. The molecule has 0 fully saturated rings. The monoisotopic (exact) mass is 277 g/mol. The molecule has 0 saturated heterocycles. The number of anilines is 1. The predicted octanol–water partition coefficient (Wildman–Crippen LogP) is 3.42. The first kappa shape index (κ1) is 14.0. The maximum atomic E-state index is 13.3. The van der Waals surface area contributed by atoms with E-state index in [-0.39, 0.29) is 23.3 Å². The topological polar surface area (TPSA) is 61.7 Å². The van der Waals surface area contributed by atoms with Crippen LogP contribution in [0.25, 0.3) is 0 Å². The lowest BCUT2D eigenvalue weighted by Crippen LogP contribution is -2.07. The first-order valence-corrected chi connectivity index (χ1v) is 6.14. The van der Waals surface area contributed by atoms with Crippen LogP contribution in [0.15, 0.2) is 36.4 Å². The summed E-state index contributed by atoms with van der Waals surface area (Å²) < 4.78 is 18.2. The Bertz CT molecular complexity index is 596. The number of phenolic OH excluding ortho intramolecular Hbond substituents is 2. The number of benzene rings is 2. The summed E-state index contributed by atoms with van der Waals surface area (Å²) >= 11 is 0. The Balaban J connectivity index is 2.26. The molecule has 0 heterocycles. The quantitative estimate of drug-likeness (QED) is 0.801. The fourth-order valence-electron chi connectivity index (χ4n) is 2.06. The van der Waals surface area contributed by atoms with Gasteiger partial charge in [0.2, 0.25) is 0 Å². The van der Waals surface area contributed by atoms with Crippen molar-refractivity contribution < 1.29 is 19.3 Å². The van der Waals surface area contributed by atoms with E-state index in [1.807, 2.05) is 0 Å². The molecule has 5 heteroatoms. The molecule has 0 spiro atoms. The third-order valence-electron chi connectivity index (χ3n) is 3.03. The number of ether oxygens (including phenoxy) is 1. The minimum Gasteiger partial charge on any atom is -0.507 e. The van der Waals surface area contributed by atoms with Gasteiger partial charge in [0.15, 0.2) is 11.6 Å². The van der Waals surface area contributed by atoms with Crippen LogP contribution in [0.2, 0.25) is 0 Å². The van der Waals surface area contributed by atoms with E-state index < -0.39 is 5.82 Å². The second-order valence-corrected chi connectivity index (χ2v) is 4.43.